The van der Waals surface area contributed by atoms with Crippen LogP contribution < -0.4 is 5.32 Å². The average molecular weight is 242 g/mol. The second kappa shape index (κ2) is 4.00. The van der Waals surface area contributed by atoms with Gasteiger partial charge in [0, 0.05) is 21.3 Å². The Morgan fingerprint density at radius 3 is 2.94 bits per heavy atom. The van der Waals surface area contributed by atoms with Gasteiger partial charge in [-0.25, -0.2) is 0 Å². The quantitative estimate of drug-likeness (QED) is 0.810. The molecule has 0 saturated carbocycles. The number of aryl methyl sites for hydroxylation is 2. The highest BCUT2D eigenvalue weighted by Gasteiger charge is 2.16. The Balaban J connectivity index is 2.21. The summed E-state index contributed by atoms with van der Waals surface area (Å²) in [6, 6.07) is 6.81. The van der Waals surface area contributed by atoms with Gasteiger partial charge in [0.15, 0.2) is 0 Å². The normalized spacial score (nSPS) is 18.6. The minimum absolute atomic E-state index is 0.160. The predicted molar refractivity (Wildman–Crippen MR) is 74.8 cm³/mol. The second-order valence-electron chi connectivity index (χ2n) is 4.32. The summed E-state index contributed by atoms with van der Waals surface area (Å²) in [6.45, 7) is 4.32. The monoisotopic (exact) mass is 242 g/mol. The van der Waals surface area contributed by atoms with Crippen molar-refractivity contribution in [1.29, 1.82) is 0 Å². The van der Waals surface area contributed by atoms with E-state index in [1.54, 1.807) is 6.34 Å². The molecular formula is C14H14N2S. The molecular weight excluding hydrogens is 228 g/mol. The van der Waals surface area contributed by atoms with Crippen molar-refractivity contribution in [3.8, 4) is 0 Å². The summed E-state index contributed by atoms with van der Waals surface area (Å²) < 4.78 is 1.36. The number of nitrogens with one attached hydrogen (secondary N) is 1. The molecule has 0 aliphatic carbocycles. The zero-order chi connectivity index (χ0) is 11.8. The van der Waals surface area contributed by atoms with E-state index in [2.05, 4.69) is 48.4 Å². The highest BCUT2D eigenvalue weighted by atomic mass is 32.1. The third-order valence-electron chi connectivity index (χ3n) is 3.05. The molecule has 86 valence electrons. The summed E-state index contributed by atoms with van der Waals surface area (Å²) in [5.41, 5.74) is 2.66. The van der Waals surface area contributed by atoms with Crippen LogP contribution in [0.4, 0.5) is 0 Å². The average Bonchev–Trinajstić information content (AvgIpc) is 2.65. The van der Waals surface area contributed by atoms with Crippen molar-refractivity contribution in [3.05, 3.63) is 46.5 Å². The third kappa shape index (κ3) is 1.76. The summed E-state index contributed by atoms with van der Waals surface area (Å²) in [4.78, 5) is 5.85. The van der Waals surface area contributed by atoms with Crippen molar-refractivity contribution in [2.75, 3.05) is 0 Å². The molecule has 0 bridgehead atoms. The van der Waals surface area contributed by atoms with Gasteiger partial charge >= 0.3 is 0 Å². The number of aliphatic imine (C=N–C) groups is 1. The van der Waals surface area contributed by atoms with Crippen molar-refractivity contribution in [2.45, 2.75) is 19.9 Å². The highest BCUT2D eigenvalue weighted by molar-refractivity contribution is 7.19. The fraction of sp³-hybridized carbons (Fsp3) is 0.214. The Morgan fingerprint density at radius 1 is 1.29 bits per heavy atom. The lowest BCUT2D eigenvalue weighted by molar-refractivity contribution is 0.890. The molecule has 1 aromatic heterocycles. The summed E-state index contributed by atoms with van der Waals surface area (Å²) in [5.74, 6) is 0. The van der Waals surface area contributed by atoms with Crippen LogP contribution >= 0.6 is 11.3 Å². The van der Waals surface area contributed by atoms with E-state index in [4.69, 9.17) is 0 Å². The number of fused-ring (bicyclic) bond motifs is 1. The van der Waals surface area contributed by atoms with E-state index < -0.39 is 0 Å². The molecule has 0 radical (unpaired) electrons. The van der Waals surface area contributed by atoms with Crippen LogP contribution in [-0.2, 0) is 0 Å². The number of hydrogen-bond acceptors (Lipinski definition) is 3. The van der Waals surface area contributed by atoms with E-state index in [1.165, 1.54) is 26.1 Å². The van der Waals surface area contributed by atoms with Crippen molar-refractivity contribution in [1.82, 2.24) is 5.32 Å². The summed E-state index contributed by atoms with van der Waals surface area (Å²) in [6.07, 6.45) is 5.82. The second-order valence-corrected chi connectivity index (χ2v) is 5.58. The first-order valence-electron chi connectivity index (χ1n) is 5.70. The van der Waals surface area contributed by atoms with E-state index >= 15 is 0 Å². The van der Waals surface area contributed by atoms with Crippen LogP contribution in [0.2, 0.25) is 0 Å². The Kier molecular flexibility index (Phi) is 2.48. The first kappa shape index (κ1) is 10.5. The van der Waals surface area contributed by atoms with Crippen LogP contribution in [0.1, 0.15) is 22.0 Å². The topological polar surface area (TPSA) is 24.4 Å². The maximum Gasteiger partial charge on any atom is 0.0981 e. The van der Waals surface area contributed by atoms with Gasteiger partial charge in [0.25, 0.3) is 0 Å². The first-order valence-corrected chi connectivity index (χ1v) is 6.51. The predicted octanol–water partition coefficient (Wildman–Crippen LogP) is 3.70. The molecule has 0 spiro atoms. The minimum Gasteiger partial charge on any atom is -0.353 e. The van der Waals surface area contributed by atoms with E-state index in [-0.39, 0.29) is 6.04 Å². The lowest BCUT2D eigenvalue weighted by Gasteiger charge is -2.12. The Labute approximate surface area is 105 Å². The van der Waals surface area contributed by atoms with Crippen LogP contribution in [0, 0.1) is 13.8 Å². The summed E-state index contributed by atoms with van der Waals surface area (Å²) >= 11 is 1.86. The van der Waals surface area contributed by atoms with Crippen LogP contribution in [0.3, 0.4) is 0 Å². The van der Waals surface area contributed by atoms with E-state index in [0.717, 1.165) is 0 Å². The summed E-state index contributed by atoms with van der Waals surface area (Å²) in [5, 5.41) is 4.32. The molecule has 2 aromatic rings. The molecule has 1 atom stereocenters. The third-order valence-corrected chi connectivity index (χ3v) is 4.13. The first-order chi connectivity index (χ1) is 8.25. The van der Waals surface area contributed by atoms with Crippen molar-refractivity contribution in [3.63, 3.8) is 0 Å². The number of nitrogens with zero attached hydrogens (tertiary/aromatic N) is 1. The van der Waals surface area contributed by atoms with Gasteiger partial charge in [0.2, 0.25) is 0 Å². The molecule has 1 aromatic carbocycles. The molecule has 0 fully saturated rings. The van der Waals surface area contributed by atoms with Gasteiger partial charge in [-0.3, -0.25) is 4.99 Å². The van der Waals surface area contributed by atoms with E-state index in [9.17, 15) is 0 Å². The summed E-state index contributed by atoms with van der Waals surface area (Å²) in [7, 11) is 0. The lowest BCUT2D eigenvalue weighted by Crippen LogP contribution is -2.08. The number of benzene rings is 1. The smallest absolute Gasteiger partial charge is 0.0981 e. The molecule has 0 saturated heterocycles. The van der Waals surface area contributed by atoms with Gasteiger partial charge in [0.05, 0.1) is 12.4 Å². The fourth-order valence-corrected chi connectivity index (χ4v) is 3.45. The molecule has 3 rings (SSSR count). The van der Waals surface area contributed by atoms with Crippen molar-refractivity contribution in [2.24, 2.45) is 4.99 Å². The standard InChI is InChI=1S/C14H14N2S/c1-9-3-4-11-13(7-9)17-10(2)14(11)12-5-6-15-8-16-12/h3-8,12H,1-2H3,(H,15,16). The van der Waals surface area contributed by atoms with Crippen LogP contribution in [-0.4, -0.2) is 6.34 Å². The molecule has 2 heterocycles. The number of hydrogen-bond donors (Lipinski definition) is 1. The zero-order valence-corrected chi connectivity index (χ0v) is 10.7. The molecule has 1 unspecified atom stereocenters. The van der Waals surface area contributed by atoms with Gasteiger partial charge in [-0.05, 0) is 36.9 Å². The van der Waals surface area contributed by atoms with Gasteiger partial charge in [0.1, 0.15) is 0 Å². The lowest BCUT2D eigenvalue weighted by atomic mass is 10.0. The molecule has 2 nitrogen and oxygen atoms in total. The Morgan fingerprint density at radius 2 is 2.18 bits per heavy atom. The molecule has 3 heteroatoms. The zero-order valence-electron chi connectivity index (χ0n) is 9.90. The fourth-order valence-electron chi connectivity index (χ4n) is 2.25. The van der Waals surface area contributed by atoms with Crippen LogP contribution in [0.15, 0.2) is 35.5 Å². The van der Waals surface area contributed by atoms with Crippen molar-refractivity contribution < 1.29 is 0 Å². The van der Waals surface area contributed by atoms with E-state index in [0.29, 0.717) is 0 Å². The van der Waals surface area contributed by atoms with E-state index in [1.807, 2.05) is 17.5 Å². The Hall–Kier alpha value is -1.61. The molecule has 1 aliphatic rings. The molecule has 17 heavy (non-hydrogen) atoms. The van der Waals surface area contributed by atoms with Crippen molar-refractivity contribution >= 4 is 27.8 Å². The van der Waals surface area contributed by atoms with Gasteiger partial charge < -0.3 is 5.32 Å². The maximum absolute atomic E-state index is 4.49. The number of rotatable bonds is 1. The molecule has 1 aliphatic heterocycles. The van der Waals surface area contributed by atoms with Crippen LogP contribution in [0.25, 0.3) is 10.1 Å². The molecule has 0 amide bonds. The maximum atomic E-state index is 4.49. The molecule has 1 N–H and O–H groups in total. The van der Waals surface area contributed by atoms with Gasteiger partial charge in [-0.1, -0.05) is 12.1 Å². The largest absolute Gasteiger partial charge is 0.353 e. The van der Waals surface area contributed by atoms with Gasteiger partial charge in [-0.15, -0.1) is 11.3 Å². The SMILES string of the molecule is Cc1ccc2c(C3C=CNC=N3)c(C)sc2c1. The minimum atomic E-state index is 0.160. The number of thiophene rings is 1. The highest BCUT2D eigenvalue weighted by Crippen LogP contribution is 2.37. The Bertz CT molecular complexity index is 610. The van der Waals surface area contributed by atoms with Crippen LogP contribution in [0.5, 0.6) is 0 Å². The van der Waals surface area contributed by atoms with Gasteiger partial charge in [-0.2, -0.15) is 0 Å².